The lowest BCUT2D eigenvalue weighted by molar-refractivity contribution is -0.142. The summed E-state index contributed by atoms with van der Waals surface area (Å²) in [7, 11) is -6.16. The summed E-state index contributed by atoms with van der Waals surface area (Å²) in [5, 5.41) is 19.8. The quantitative estimate of drug-likeness (QED) is 0.0201. The van der Waals surface area contributed by atoms with E-state index in [1.165, 1.54) is 51.5 Å². The Morgan fingerprint density at radius 2 is 0.736 bits per heavy atom. The van der Waals surface area contributed by atoms with E-state index in [-0.39, 0.29) is 134 Å². The summed E-state index contributed by atoms with van der Waals surface area (Å²) < 4.78 is 26.8. The van der Waals surface area contributed by atoms with Crippen LogP contribution in [-0.2, 0) is 27.7 Å². The number of aromatic nitrogens is 12. The summed E-state index contributed by atoms with van der Waals surface area (Å²) in [4.78, 5) is 143. The maximum Gasteiger partial charge on any atom is 0.228 e. The lowest BCUT2D eigenvalue weighted by Gasteiger charge is -2.46. The molecule has 15 atom stereocenters. The van der Waals surface area contributed by atoms with E-state index in [2.05, 4.69) is 177 Å². The monoisotopic (exact) mass is 1820 g/mol. The molecule has 3 amide bonds. The van der Waals surface area contributed by atoms with Gasteiger partial charge in [0, 0.05) is 121 Å². The predicted molar refractivity (Wildman–Crippen MR) is 496 cm³/mol. The molecule has 3 saturated heterocycles. The van der Waals surface area contributed by atoms with Crippen molar-refractivity contribution in [1.29, 1.82) is 0 Å². The van der Waals surface area contributed by atoms with Crippen LogP contribution in [0.25, 0.3) is 19.3 Å². The number of carbonyl (C=O) groups excluding carboxylic acids is 8. The number of imidazole rings is 4. The fourth-order valence-electron chi connectivity index (χ4n) is 15.1. The number of aliphatic hydroxyl groups excluding tert-OH is 1. The molecule has 0 radical (unpaired) electrons. The molecule has 664 valence electrons. The molecule has 0 bridgehead atoms. The molecular formula is C91H117N15O12S4Si3. The highest BCUT2D eigenvalue weighted by Crippen LogP contribution is 2.45. The van der Waals surface area contributed by atoms with E-state index in [0.717, 1.165) is 37.1 Å². The number of Topliss-reactive ketones (excluding diaryl/α,β-unsaturated/α-hetero) is 4. The minimum Gasteiger partial charge on any atom is -0.413 e. The zero-order valence-electron chi connectivity index (χ0n) is 75.7. The Hall–Kier alpha value is -9.47. The molecule has 12 aromatic heterocycles. The molecule has 12 aromatic rings. The van der Waals surface area contributed by atoms with Crippen LogP contribution >= 0.6 is 45.3 Å². The zero-order valence-corrected chi connectivity index (χ0v) is 81.9. The van der Waals surface area contributed by atoms with Crippen LogP contribution in [-0.4, -0.2) is 171 Å². The maximum atomic E-state index is 13.5. The Labute approximate surface area is 749 Å². The van der Waals surface area contributed by atoms with Gasteiger partial charge in [-0.2, -0.15) is 0 Å². The second-order valence-electron chi connectivity index (χ2n) is 37.7. The van der Waals surface area contributed by atoms with E-state index >= 15 is 0 Å². The van der Waals surface area contributed by atoms with Gasteiger partial charge in [-0.15, -0.1) is 45.3 Å². The first-order valence-corrected chi connectivity index (χ1v) is 54.4. The van der Waals surface area contributed by atoms with Gasteiger partial charge in [0.05, 0.1) is 85.1 Å². The van der Waals surface area contributed by atoms with Gasteiger partial charge < -0.3 is 34.3 Å². The average Bonchev–Trinajstić information content (AvgIpc) is 1.74. The number of pyridine rings is 4. The molecule has 4 N–H and O–H groups in total. The third kappa shape index (κ3) is 19.8. The van der Waals surface area contributed by atoms with Crippen molar-refractivity contribution in [3.05, 3.63) is 213 Å². The van der Waals surface area contributed by atoms with Crippen LogP contribution in [0.3, 0.4) is 0 Å². The number of hydrogen-bond acceptors (Lipinski definition) is 24. The molecule has 15 heterocycles. The Morgan fingerprint density at radius 3 is 1.06 bits per heavy atom. The number of thiazole rings is 4. The topological polar surface area (TPSA) is 341 Å². The van der Waals surface area contributed by atoms with Crippen molar-refractivity contribution in [2.24, 2.45) is 35.5 Å². The molecular weight excluding hydrogens is 1710 g/mol. The largest absolute Gasteiger partial charge is 0.413 e. The molecule has 3 aliphatic rings. The SMILES string of the molecule is CC(c1cccnc1)c1ncn2cc(C(=O)[C@H](C)[C@H]3NC(=O)[C@@H]3[C@@H](C)O[Si](C)(C)C(C)(C)C)sc12.CCC(=O)c1cn2cnc(C(C)c3cccnc3)c2s1.C[C@@H](O[Si](C)(C)C(C)(C)C)[C@H]1C(=O)N[C@@H]1[C@@H](C)C(=O)c1cn2cnc(C(=O)c3cccnc3)c2s1.C[C@@H](O[Si](C)(C)C(C)(C)C)[C@H]1C(=O)N[C@@H]1[C@@H](C)C(=O)c1cn2cnc(C(O)c3cccnc3)c2s1. The first-order valence-electron chi connectivity index (χ1n) is 42.4. The fraction of sp³-hybridized carbons (Fsp3) is 0.473. The highest BCUT2D eigenvalue weighted by Gasteiger charge is 2.54. The average molecular weight is 1830 g/mol. The highest BCUT2D eigenvalue weighted by molar-refractivity contribution is 7.20. The van der Waals surface area contributed by atoms with Crippen LogP contribution in [0.15, 0.2) is 148 Å². The first kappa shape index (κ1) is 94.7. The maximum absolute atomic E-state index is 13.5. The number of carbonyl (C=O) groups is 8. The van der Waals surface area contributed by atoms with Gasteiger partial charge in [-0.1, -0.05) is 122 Å². The van der Waals surface area contributed by atoms with Gasteiger partial charge in [0.15, 0.2) is 48.1 Å². The summed E-state index contributed by atoms with van der Waals surface area (Å²) in [5.74, 6) is -2.34. The van der Waals surface area contributed by atoms with E-state index in [4.69, 9.17) is 13.3 Å². The number of nitrogens with one attached hydrogen (secondary N) is 3. The van der Waals surface area contributed by atoms with Crippen molar-refractivity contribution in [3.8, 4) is 0 Å². The van der Waals surface area contributed by atoms with Crippen molar-refractivity contribution in [1.82, 2.24) is 73.4 Å². The first-order chi connectivity index (χ1) is 58.6. The number of hydrogen-bond donors (Lipinski definition) is 4. The number of β-lactam (4-membered cyclic amide) rings is 3. The summed E-state index contributed by atoms with van der Waals surface area (Å²) in [6.45, 7) is 50.2. The normalized spacial score (nSPS) is 19.6. The van der Waals surface area contributed by atoms with Gasteiger partial charge in [0.25, 0.3) is 0 Å². The molecule has 0 saturated carbocycles. The molecule has 3 unspecified atom stereocenters. The summed E-state index contributed by atoms with van der Waals surface area (Å²) in [5.41, 5.74) is 6.00. The Kier molecular flexibility index (Phi) is 28.4. The van der Waals surface area contributed by atoms with Gasteiger partial charge in [-0.05, 0) is 117 Å². The van der Waals surface area contributed by atoms with Gasteiger partial charge >= 0.3 is 0 Å². The third-order valence-corrected chi connectivity index (χ3v) is 44.4. The van der Waals surface area contributed by atoms with Crippen molar-refractivity contribution in [2.45, 2.75) is 240 Å². The number of rotatable bonds is 28. The molecule has 0 aromatic carbocycles. The van der Waals surface area contributed by atoms with Crippen molar-refractivity contribution in [2.75, 3.05) is 0 Å². The molecule has 0 spiro atoms. The van der Waals surface area contributed by atoms with E-state index in [1.54, 1.807) is 102 Å². The van der Waals surface area contributed by atoms with Crippen LogP contribution in [0.5, 0.6) is 0 Å². The molecule has 3 aliphatic heterocycles. The number of fused-ring (bicyclic) bond motifs is 4. The van der Waals surface area contributed by atoms with Crippen molar-refractivity contribution >= 4 is 136 Å². The van der Waals surface area contributed by atoms with Crippen molar-refractivity contribution < 1.29 is 56.7 Å². The molecule has 0 aliphatic carbocycles. The molecule has 15 rings (SSSR count). The van der Waals surface area contributed by atoms with Crippen molar-refractivity contribution in [3.63, 3.8) is 0 Å². The van der Waals surface area contributed by atoms with E-state index in [1.807, 2.05) is 100 Å². The summed E-state index contributed by atoms with van der Waals surface area (Å²) in [6.07, 6.45) is 26.3. The Balaban J connectivity index is 0.000000154. The van der Waals surface area contributed by atoms with E-state index in [0.29, 0.717) is 53.2 Å². The third-order valence-electron chi connectivity index (χ3n) is 26.1. The minimum absolute atomic E-state index is 0.0240. The smallest absolute Gasteiger partial charge is 0.228 e. The number of ketones is 5. The van der Waals surface area contributed by atoms with Crippen LogP contribution < -0.4 is 16.0 Å². The van der Waals surface area contributed by atoms with Gasteiger partial charge in [0.2, 0.25) is 23.5 Å². The number of amides is 3. The van der Waals surface area contributed by atoms with Gasteiger partial charge in [-0.25, -0.2) is 19.9 Å². The second kappa shape index (κ2) is 37.5. The summed E-state index contributed by atoms with van der Waals surface area (Å²) >= 11 is 5.51. The summed E-state index contributed by atoms with van der Waals surface area (Å²) in [6, 6.07) is 14.1. The van der Waals surface area contributed by atoms with Gasteiger partial charge in [-0.3, -0.25) is 75.9 Å². The molecule has 34 heteroatoms. The zero-order chi connectivity index (χ0) is 91.2. The lowest BCUT2D eigenvalue weighted by atomic mass is 9.77. The molecule has 3 fully saturated rings. The number of aliphatic hydroxyl groups is 1. The van der Waals surface area contributed by atoms with Crippen LogP contribution in [0.1, 0.15) is 237 Å². The molecule has 27 nitrogen and oxygen atoms in total. The van der Waals surface area contributed by atoms with Crippen LogP contribution in [0.4, 0.5) is 0 Å². The lowest BCUT2D eigenvalue weighted by Crippen LogP contribution is -2.66. The minimum atomic E-state index is -2.07. The second-order valence-corrected chi connectivity index (χ2v) is 56.0. The predicted octanol–water partition coefficient (Wildman–Crippen LogP) is 17.4. The highest BCUT2D eigenvalue weighted by atomic mass is 32.1. The molecule has 125 heavy (non-hydrogen) atoms. The standard InChI is InChI=1S/C26H36N4O3SSi.C25H34N4O4SSi.C25H32N4O4SSi.C15H15N3OS/c1-15(18-10-9-11-27-12-18)22-25-30(14-28-22)13-19(34-25)23(31)16(2)21-20(24(32)29-21)17(3)33-35(7,8)26(4,5)6;2*1-14(19-18(23(32)28-19)15(2)33-35(6,7)25(3,4)5)21(30)17-12-29-13-27-20(24(29)34-17)22(31)16-9-8-10-26-11-16;1-3-12(19)13-8-18-9-17-14(15(18)20-13)10(2)11-5-4-6-16-7-11/h9-17,20-21H,1-8H3,(H,29,32);8-15,18-19,22,31H,1-7H3,(H,28,32);8-15,18-19H,1-7H3,(H,28,32);4-10H,3H2,1-2H3/t15?,16-,17-,20-,21-;14-,15-,18-,19-,22?;14-,15-,18-,19-;/m111./s1. The number of nitrogens with zero attached hydrogens (tertiary/aromatic N) is 12. The van der Waals surface area contributed by atoms with Gasteiger partial charge in [0.1, 0.15) is 62.1 Å². The Morgan fingerprint density at radius 1 is 0.432 bits per heavy atom. The fourth-order valence-corrected chi connectivity index (χ4v) is 24.0. The van der Waals surface area contributed by atoms with Crippen LogP contribution in [0, 0.1) is 35.5 Å². The van der Waals surface area contributed by atoms with E-state index in [9.17, 15) is 43.5 Å². The van der Waals surface area contributed by atoms with Crippen LogP contribution in [0.2, 0.25) is 54.4 Å². The van der Waals surface area contributed by atoms with E-state index < -0.39 is 42.9 Å². The Bertz CT molecular complexity index is 5710.